The van der Waals surface area contributed by atoms with E-state index in [2.05, 4.69) is 13.8 Å². The Kier molecular flexibility index (Phi) is 19.9. The van der Waals surface area contributed by atoms with E-state index in [0.717, 1.165) is 32.1 Å². The molecule has 4 unspecified atom stereocenters. The minimum Gasteiger partial charge on any atom is -0.394 e. The minimum absolute atomic E-state index is 0.460. The number of unbranched alkanes of at least 4 members (excludes halogenated alkanes) is 12. The van der Waals surface area contributed by atoms with E-state index < -0.39 is 31.0 Å². The van der Waals surface area contributed by atoms with Crippen LogP contribution in [0.15, 0.2) is 0 Å². The first kappa shape index (κ1) is 27.8. The van der Waals surface area contributed by atoms with Crippen molar-refractivity contribution in [1.29, 1.82) is 0 Å². The van der Waals surface area contributed by atoms with Crippen molar-refractivity contribution in [2.24, 2.45) is 0 Å². The summed E-state index contributed by atoms with van der Waals surface area (Å²) in [5.74, 6) is 0. The highest BCUT2D eigenvalue weighted by Crippen LogP contribution is 2.17. The van der Waals surface area contributed by atoms with E-state index in [4.69, 9.17) is 9.84 Å². The average molecular weight is 405 g/mol. The number of hydrogen-bond acceptors (Lipinski definition) is 5. The summed E-state index contributed by atoms with van der Waals surface area (Å²) in [5.41, 5.74) is 0. The van der Waals surface area contributed by atoms with E-state index in [1.54, 1.807) is 0 Å². The zero-order valence-electron chi connectivity index (χ0n) is 18.5. The van der Waals surface area contributed by atoms with Crippen LogP contribution in [0.25, 0.3) is 0 Å². The highest BCUT2D eigenvalue weighted by atomic mass is 16.5. The summed E-state index contributed by atoms with van der Waals surface area (Å²) in [6.07, 6.45) is 12.6. The molecule has 0 aromatic rings. The zero-order valence-corrected chi connectivity index (χ0v) is 18.5. The van der Waals surface area contributed by atoms with Gasteiger partial charge in [0.1, 0.15) is 18.3 Å². The number of aliphatic hydroxyl groups excluding tert-OH is 4. The maximum atomic E-state index is 10.5. The molecule has 0 radical (unpaired) electrons. The maximum absolute atomic E-state index is 10.5. The third kappa shape index (κ3) is 14.7. The summed E-state index contributed by atoms with van der Waals surface area (Å²) < 4.78 is 5.76. The molecule has 0 amide bonds. The molecule has 4 N–H and O–H groups in total. The first-order valence-corrected chi connectivity index (χ1v) is 11.8. The minimum atomic E-state index is -1.29. The quantitative estimate of drug-likeness (QED) is 0.214. The van der Waals surface area contributed by atoms with Gasteiger partial charge in [0.2, 0.25) is 0 Å². The maximum Gasteiger partial charge on any atom is 0.112 e. The lowest BCUT2D eigenvalue weighted by molar-refractivity contribution is -0.143. The van der Waals surface area contributed by atoms with Crippen molar-refractivity contribution in [3.05, 3.63) is 0 Å². The van der Waals surface area contributed by atoms with E-state index in [9.17, 15) is 15.3 Å². The lowest BCUT2D eigenvalue weighted by Crippen LogP contribution is -2.47. The normalized spacial score (nSPS) is 16.1. The molecule has 5 nitrogen and oxygen atoms in total. The van der Waals surface area contributed by atoms with Crippen molar-refractivity contribution in [2.75, 3.05) is 13.2 Å². The zero-order chi connectivity index (χ0) is 21.0. The summed E-state index contributed by atoms with van der Waals surface area (Å²) in [7, 11) is 0. The lowest BCUT2D eigenvalue weighted by atomic mass is 9.98. The van der Waals surface area contributed by atoms with Gasteiger partial charge in [-0.3, -0.25) is 0 Å². The smallest absolute Gasteiger partial charge is 0.112 e. The lowest BCUT2D eigenvalue weighted by Gasteiger charge is -2.30. The highest BCUT2D eigenvalue weighted by molar-refractivity contribution is 4.82. The van der Waals surface area contributed by atoms with Crippen LogP contribution >= 0.6 is 0 Å². The van der Waals surface area contributed by atoms with Gasteiger partial charge in [0.25, 0.3) is 0 Å². The van der Waals surface area contributed by atoms with Crippen molar-refractivity contribution < 1.29 is 25.2 Å². The van der Waals surface area contributed by atoms with E-state index >= 15 is 0 Å². The predicted octanol–water partition coefficient (Wildman–Crippen LogP) is 4.34. The molecule has 0 aliphatic rings. The van der Waals surface area contributed by atoms with Crippen molar-refractivity contribution in [3.63, 3.8) is 0 Å². The standard InChI is InChI=1S/C23H48O5/c1-3-5-7-9-11-13-15-17-20(25)23(22(27)21(26)19-24)28-18-16-14-12-10-8-6-4-2/h20-27H,3-19H2,1-2H3. The van der Waals surface area contributed by atoms with Crippen LogP contribution in [-0.4, -0.2) is 58.1 Å². The number of rotatable bonds is 21. The summed E-state index contributed by atoms with van der Waals surface area (Å²) >= 11 is 0. The van der Waals surface area contributed by atoms with Gasteiger partial charge < -0.3 is 25.2 Å². The topological polar surface area (TPSA) is 90.2 Å². The molecule has 0 aromatic carbocycles. The molecule has 0 fully saturated rings. The van der Waals surface area contributed by atoms with Gasteiger partial charge in [0.15, 0.2) is 0 Å². The summed E-state index contributed by atoms with van der Waals surface area (Å²) in [6, 6.07) is 0. The summed E-state index contributed by atoms with van der Waals surface area (Å²) in [6.45, 7) is 4.33. The van der Waals surface area contributed by atoms with Gasteiger partial charge >= 0.3 is 0 Å². The average Bonchev–Trinajstić information content (AvgIpc) is 2.70. The monoisotopic (exact) mass is 404 g/mol. The largest absolute Gasteiger partial charge is 0.394 e. The van der Waals surface area contributed by atoms with E-state index in [1.165, 1.54) is 57.8 Å². The Bertz CT molecular complexity index is 313. The van der Waals surface area contributed by atoms with Crippen LogP contribution in [0, 0.1) is 0 Å². The molecule has 0 saturated carbocycles. The molecule has 0 spiro atoms. The molecule has 0 aliphatic heterocycles. The highest BCUT2D eigenvalue weighted by Gasteiger charge is 2.32. The Balaban J connectivity index is 4.14. The summed E-state index contributed by atoms with van der Waals surface area (Å²) in [5, 5.41) is 39.6. The molecular formula is C23H48O5. The Morgan fingerprint density at radius 2 is 1.07 bits per heavy atom. The molecule has 170 valence electrons. The van der Waals surface area contributed by atoms with Gasteiger partial charge in [-0.2, -0.15) is 0 Å². The third-order valence-electron chi connectivity index (χ3n) is 5.46. The number of ether oxygens (including phenoxy) is 1. The van der Waals surface area contributed by atoms with Crippen LogP contribution in [0.3, 0.4) is 0 Å². The first-order chi connectivity index (χ1) is 13.6. The van der Waals surface area contributed by atoms with Crippen molar-refractivity contribution in [1.82, 2.24) is 0 Å². The van der Waals surface area contributed by atoms with Crippen LogP contribution in [-0.2, 0) is 4.74 Å². The fraction of sp³-hybridized carbons (Fsp3) is 1.00. The Morgan fingerprint density at radius 3 is 1.57 bits per heavy atom. The van der Waals surface area contributed by atoms with Gasteiger partial charge in [-0.25, -0.2) is 0 Å². The van der Waals surface area contributed by atoms with Gasteiger partial charge in [-0.05, 0) is 12.8 Å². The Morgan fingerprint density at radius 1 is 0.607 bits per heavy atom. The third-order valence-corrected chi connectivity index (χ3v) is 5.46. The fourth-order valence-electron chi connectivity index (χ4n) is 3.52. The van der Waals surface area contributed by atoms with Gasteiger partial charge in [-0.15, -0.1) is 0 Å². The van der Waals surface area contributed by atoms with Crippen LogP contribution in [0.2, 0.25) is 0 Å². The number of aliphatic hydroxyl groups is 4. The van der Waals surface area contributed by atoms with Gasteiger partial charge in [0.05, 0.1) is 12.7 Å². The first-order valence-electron chi connectivity index (χ1n) is 11.8. The fourth-order valence-corrected chi connectivity index (χ4v) is 3.52. The molecule has 28 heavy (non-hydrogen) atoms. The van der Waals surface area contributed by atoms with Crippen LogP contribution in [0.1, 0.15) is 110 Å². The molecule has 0 aliphatic carbocycles. The van der Waals surface area contributed by atoms with Gasteiger partial charge in [-0.1, -0.05) is 97.3 Å². The summed E-state index contributed by atoms with van der Waals surface area (Å²) in [4.78, 5) is 0. The SMILES string of the molecule is CCCCCCCCCOC(C(O)CCCCCCCCC)C(O)C(O)CO. The molecular weight excluding hydrogens is 356 g/mol. The van der Waals surface area contributed by atoms with Crippen LogP contribution in [0.4, 0.5) is 0 Å². The second kappa shape index (κ2) is 20.1. The van der Waals surface area contributed by atoms with E-state index in [-0.39, 0.29) is 0 Å². The van der Waals surface area contributed by atoms with Crippen molar-refractivity contribution in [3.8, 4) is 0 Å². The van der Waals surface area contributed by atoms with Crippen LogP contribution in [0.5, 0.6) is 0 Å². The van der Waals surface area contributed by atoms with E-state index in [1.807, 2.05) is 0 Å². The molecule has 5 heteroatoms. The molecule has 0 heterocycles. The second-order valence-electron chi connectivity index (χ2n) is 8.17. The molecule has 0 rings (SSSR count). The van der Waals surface area contributed by atoms with Gasteiger partial charge in [0, 0.05) is 6.61 Å². The molecule has 0 saturated heterocycles. The predicted molar refractivity (Wildman–Crippen MR) is 115 cm³/mol. The Labute approximate surface area is 173 Å². The van der Waals surface area contributed by atoms with E-state index in [0.29, 0.717) is 13.0 Å². The molecule has 4 atom stereocenters. The Hall–Kier alpha value is -0.200. The second-order valence-corrected chi connectivity index (χ2v) is 8.17. The van der Waals surface area contributed by atoms with Crippen LogP contribution < -0.4 is 0 Å². The van der Waals surface area contributed by atoms with Crippen molar-refractivity contribution in [2.45, 2.75) is 135 Å². The molecule has 0 bridgehead atoms. The van der Waals surface area contributed by atoms with Crippen molar-refractivity contribution >= 4 is 0 Å². The molecule has 0 aromatic heterocycles. The number of hydrogen-bond donors (Lipinski definition) is 4.